The predicted octanol–water partition coefficient (Wildman–Crippen LogP) is 0.968. The van der Waals surface area contributed by atoms with Crippen molar-refractivity contribution < 1.29 is 75.8 Å². The molecule has 0 fully saturated rings. The quantitative estimate of drug-likeness (QED) is 0.0499. The van der Waals surface area contributed by atoms with Crippen LogP contribution in [0.3, 0.4) is 0 Å². The first-order valence-corrected chi connectivity index (χ1v) is 17.0. The minimum Gasteiger partial charge on any atom is -0.460 e. The second-order valence-electron chi connectivity index (χ2n) is 9.87. The molecular formula is C33H64O16. The Morgan fingerprint density at radius 1 is 0.327 bits per heavy atom. The van der Waals surface area contributed by atoms with Crippen molar-refractivity contribution in [3.8, 4) is 0 Å². The third-order valence-electron chi connectivity index (χ3n) is 5.71. The van der Waals surface area contributed by atoms with Crippen molar-refractivity contribution in [3.05, 3.63) is 12.2 Å². The van der Waals surface area contributed by atoms with Crippen molar-refractivity contribution in [3.63, 3.8) is 0 Å². The number of rotatable bonds is 43. The second-order valence-corrected chi connectivity index (χ2v) is 9.87. The van der Waals surface area contributed by atoms with Crippen LogP contribution >= 0.6 is 0 Å². The number of hydrogen-bond acceptors (Lipinski definition) is 16. The highest BCUT2D eigenvalue weighted by molar-refractivity contribution is 5.86. The Hall–Kier alpha value is -1.35. The summed E-state index contributed by atoms with van der Waals surface area (Å²) in [4.78, 5) is 11.2. The topological polar surface area (TPSA) is 156 Å². The summed E-state index contributed by atoms with van der Waals surface area (Å²) < 4.78 is 80.4. The molecule has 0 heterocycles. The SMILES string of the molecule is C=C(C)C(=O)OCCOCCOCCOCCOCCOCCOCCOCCOCCOCCOCCOCCOCCOCCOC. The fourth-order valence-corrected chi connectivity index (χ4v) is 3.20. The van der Waals surface area contributed by atoms with Gasteiger partial charge < -0.3 is 71.1 Å². The molecule has 0 amide bonds. The van der Waals surface area contributed by atoms with Crippen LogP contribution in [-0.2, 0) is 75.8 Å². The van der Waals surface area contributed by atoms with Gasteiger partial charge in [-0.1, -0.05) is 6.58 Å². The third kappa shape index (κ3) is 42.7. The van der Waals surface area contributed by atoms with E-state index in [4.69, 9.17) is 71.1 Å². The maximum absolute atomic E-state index is 11.2. The fraction of sp³-hybridized carbons (Fsp3) is 0.909. The van der Waals surface area contributed by atoms with E-state index in [1.165, 1.54) is 0 Å². The van der Waals surface area contributed by atoms with E-state index in [1.54, 1.807) is 14.0 Å². The Bertz CT molecular complexity index is 673. The van der Waals surface area contributed by atoms with E-state index >= 15 is 0 Å². The molecule has 0 aliphatic heterocycles. The molecule has 0 aromatic rings. The maximum Gasteiger partial charge on any atom is 0.333 e. The van der Waals surface area contributed by atoms with Crippen molar-refractivity contribution in [2.24, 2.45) is 0 Å². The molecule has 0 bridgehead atoms. The van der Waals surface area contributed by atoms with Gasteiger partial charge in [-0.25, -0.2) is 4.79 Å². The Labute approximate surface area is 293 Å². The minimum absolute atomic E-state index is 0.197. The smallest absolute Gasteiger partial charge is 0.333 e. The molecule has 0 saturated heterocycles. The molecule has 16 heteroatoms. The minimum atomic E-state index is -0.414. The number of carbonyl (C=O) groups is 1. The van der Waals surface area contributed by atoms with E-state index in [0.717, 1.165) is 0 Å². The standard InChI is InChI=1S/C33H64O16/c1-32(2)33(34)49-31-30-48-29-28-47-27-26-46-25-24-45-23-22-44-21-20-43-19-18-42-17-16-41-15-14-40-13-12-39-11-10-38-9-8-37-7-6-36-5-4-35-3/h1,4-31H2,2-3H3. The molecule has 0 N–H and O–H groups in total. The van der Waals surface area contributed by atoms with Crippen molar-refractivity contribution >= 4 is 5.97 Å². The van der Waals surface area contributed by atoms with Crippen LogP contribution in [-0.4, -0.2) is 198 Å². The summed E-state index contributed by atoms with van der Waals surface area (Å²) in [6.45, 7) is 18.7. The van der Waals surface area contributed by atoms with Gasteiger partial charge in [-0.05, 0) is 6.92 Å². The molecule has 0 saturated carbocycles. The number of carbonyl (C=O) groups excluding carboxylic acids is 1. The first kappa shape index (κ1) is 47.7. The normalized spacial score (nSPS) is 11.4. The first-order chi connectivity index (χ1) is 24.2. The highest BCUT2D eigenvalue weighted by atomic mass is 16.6. The maximum atomic E-state index is 11.2. The van der Waals surface area contributed by atoms with Gasteiger partial charge in [-0.3, -0.25) is 0 Å². The highest BCUT2D eigenvalue weighted by Gasteiger charge is 2.02. The van der Waals surface area contributed by atoms with E-state index in [9.17, 15) is 4.79 Å². The van der Waals surface area contributed by atoms with Crippen molar-refractivity contribution in [1.29, 1.82) is 0 Å². The monoisotopic (exact) mass is 716 g/mol. The zero-order valence-electron chi connectivity index (χ0n) is 30.0. The van der Waals surface area contributed by atoms with E-state index in [1.807, 2.05) is 0 Å². The molecule has 0 unspecified atom stereocenters. The Balaban J connectivity index is 3.07. The van der Waals surface area contributed by atoms with E-state index in [0.29, 0.717) is 184 Å². The zero-order chi connectivity index (χ0) is 35.6. The van der Waals surface area contributed by atoms with Gasteiger partial charge in [-0.2, -0.15) is 0 Å². The van der Waals surface area contributed by atoms with E-state index in [-0.39, 0.29) is 6.61 Å². The van der Waals surface area contributed by atoms with Gasteiger partial charge in [-0.15, -0.1) is 0 Å². The molecule has 16 nitrogen and oxygen atoms in total. The van der Waals surface area contributed by atoms with Gasteiger partial charge >= 0.3 is 5.97 Å². The molecule has 49 heavy (non-hydrogen) atoms. The van der Waals surface area contributed by atoms with Crippen molar-refractivity contribution in [2.75, 3.05) is 192 Å². The second kappa shape index (κ2) is 42.8. The van der Waals surface area contributed by atoms with E-state index < -0.39 is 5.97 Å². The summed E-state index contributed by atoms with van der Waals surface area (Å²) in [5, 5.41) is 0. The van der Waals surface area contributed by atoms with Crippen molar-refractivity contribution in [1.82, 2.24) is 0 Å². The molecule has 292 valence electrons. The Kier molecular flexibility index (Phi) is 41.6. The summed E-state index contributed by atoms with van der Waals surface area (Å²) in [5.41, 5.74) is 0.368. The van der Waals surface area contributed by atoms with Crippen LogP contribution < -0.4 is 0 Å². The molecule has 0 aliphatic carbocycles. The lowest BCUT2D eigenvalue weighted by Gasteiger charge is -2.09. The van der Waals surface area contributed by atoms with Crippen LogP contribution in [0, 0.1) is 0 Å². The molecule has 0 spiro atoms. The van der Waals surface area contributed by atoms with Crippen LogP contribution in [0.5, 0.6) is 0 Å². The van der Waals surface area contributed by atoms with Gasteiger partial charge in [0, 0.05) is 12.7 Å². The van der Waals surface area contributed by atoms with Crippen LogP contribution in [0.1, 0.15) is 6.92 Å². The Morgan fingerprint density at radius 2 is 0.490 bits per heavy atom. The molecule has 0 aliphatic rings. The fourth-order valence-electron chi connectivity index (χ4n) is 3.20. The molecular weight excluding hydrogens is 652 g/mol. The van der Waals surface area contributed by atoms with Crippen LogP contribution in [0.15, 0.2) is 12.2 Å². The Morgan fingerprint density at radius 3 is 0.653 bits per heavy atom. The van der Waals surface area contributed by atoms with Gasteiger partial charge in [0.25, 0.3) is 0 Å². The van der Waals surface area contributed by atoms with Crippen LogP contribution in [0.2, 0.25) is 0 Å². The molecule has 0 aromatic carbocycles. The van der Waals surface area contributed by atoms with Crippen molar-refractivity contribution in [2.45, 2.75) is 6.92 Å². The van der Waals surface area contributed by atoms with Gasteiger partial charge in [0.05, 0.1) is 178 Å². The molecule has 0 atom stereocenters. The average molecular weight is 717 g/mol. The third-order valence-corrected chi connectivity index (χ3v) is 5.71. The summed E-state index contributed by atoms with van der Waals surface area (Å²) >= 11 is 0. The lowest BCUT2D eigenvalue weighted by Crippen LogP contribution is -2.16. The zero-order valence-corrected chi connectivity index (χ0v) is 30.0. The summed E-state index contributed by atoms with van der Waals surface area (Å²) in [6.07, 6.45) is 0. The number of ether oxygens (including phenoxy) is 15. The lowest BCUT2D eigenvalue weighted by molar-refractivity contribution is -0.140. The number of methoxy groups -OCH3 is 1. The highest BCUT2D eigenvalue weighted by Crippen LogP contribution is 1.92. The molecule has 0 rings (SSSR count). The lowest BCUT2D eigenvalue weighted by atomic mass is 10.4. The van der Waals surface area contributed by atoms with Crippen LogP contribution in [0.25, 0.3) is 0 Å². The largest absolute Gasteiger partial charge is 0.460 e. The van der Waals surface area contributed by atoms with E-state index in [2.05, 4.69) is 6.58 Å². The van der Waals surface area contributed by atoms with Gasteiger partial charge in [0.1, 0.15) is 6.61 Å². The van der Waals surface area contributed by atoms with Gasteiger partial charge in [0.2, 0.25) is 0 Å². The summed E-state index contributed by atoms with van der Waals surface area (Å²) in [7, 11) is 1.64. The van der Waals surface area contributed by atoms with Crippen LogP contribution in [0.4, 0.5) is 0 Å². The van der Waals surface area contributed by atoms with Gasteiger partial charge in [0.15, 0.2) is 0 Å². The molecule has 0 radical (unpaired) electrons. The predicted molar refractivity (Wildman–Crippen MR) is 178 cm³/mol. The summed E-state index contributed by atoms with van der Waals surface area (Å²) in [5.74, 6) is -0.414. The number of hydrogen-bond donors (Lipinski definition) is 0. The summed E-state index contributed by atoms with van der Waals surface area (Å²) in [6, 6.07) is 0. The molecule has 0 aromatic heterocycles. The first-order valence-electron chi connectivity index (χ1n) is 17.0. The average Bonchev–Trinajstić information content (AvgIpc) is 3.10. The number of esters is 1.